The summed E-state index contributed by atoms with van der Waals surface area (Å²) in [6.45, 7) is 0. The first kappa shape index (κ1) is 23.7. The highest BCUT2D eigenvalue weighted by Crippen LogP contribution is 2.36. The second-order valence-electron chi connectivity index (χ2n) is 6.77. The Morgan fingerprint density at radius 2 is 1.81 bits per heavy atom. The molecule has 166 valence electrons. The van der Waals surface area contributed by atoms with Gasteiger partial charge in [0.2, 0.25) is 5.78 Å². The topological polar surface area (TPSA) is 143 Å². The average Bonchev–Trinajstić information content (AvgIpc) is 2.67. The highest BCUT2D eigenvalue weighted by atomic mass is 35.5. The van der Waals surface area contributed by atoms with E-state index < -0.39 is 27.8 Å². The standard InChI is InChI=1S/C20H10Cl2O5.CH4O3S/c21-13-5-11-17(7-15(13)23)27-18-8-16(24)14(22)6-12(18)19(11)9-3-1-2-4-10(9)20(25)26;1-5(2,3)4/h1-8,11H,(H-,23,24,25,26);1H3,(H,2,3,4). The van der Waals surface area contributed by atoms with Gasteiger partial charge in [0.25, 0.3) is 0 Å². The van der Waals surface area contributed by atoms with Crippen molar-refractivity contribution in [3.05, 3.63) is 90.6 Å². The van der Waals surface area contributed by atoms with Crippen LogP contribution in [-0.2, 0) is 14.9 Å². The van der Waals surface area contributed by atoms with Crippen molar-refractivity contribution in [3.8, 4) is 5.75 Å². The highest BCUT2D eigenvalue weighted by Gasteiger charge is 2.38. The van der Waals surface area contributed by atoms with Crippen LogP contribution in [0.2, 0.25) is 5.02 Å². The van der Waals surface area contributed by atoms with Crippen LogP contribution >= 0.6 is 23.2 Å². The number of carboxylic acids is 1. The predicted molar refractivity (Wildman–Crippen MR) is 117 cm³/mol. The van der Waals surface area contributed by atoms with Gasteiger partial charge in [-0.05, 0) is 29.3 Å². The molecule has 1 atom stereocenters. The number of allylic oxidation sites excluding steroid dienone is 3. The Morgan fingerprint density at radius 3 is 2.44 bits per heavy atom. The van der Waals surface area contributed by atoms with Crippen molar-refractivity contribution in [1.82, 2.24) is 0 Å². The molecule has 8 nitrogen and oxygen atoms in total. The maximum atomic E-state index is 12.0. The van der Waals surface area contributed by atoms with Crippen molar-refractivity contribution in [1.29, 1.82) is 0 Å². The molecule has 0 aromatic heterocycles. The number of hydrogen-bond acceptors (Lipinski definition) is 6. The lowest BCUT2D eigenvalue weighted by Gasteiger charge is -2.19. The first-order valence-electron chi connectivity index (χ1n) is 8.81. The summed E-state index contributed by atoms with van der Waals surface area (Å²) in [5, 5.41) is 20.2. The van der Waals surface area contributed by atoms with Crippen LogP contribution in [0.1, 0.15) is 15.9 Å². The van der Waals surface area contributed by atoms with Crippen LogP contribution in [0, 0.1) is 5.92 Å². The van der Waals surface area contributed by atoms with Gasteiger partial charge >= 0.3 is 17.2 Å². The van der Waals surface area contributed by atoms with E-state index in [-0.39, 0.29) is 26.8 Å². The number of hydrogen-bond donors (Lipinski definition) is 2. The van der Waals surface area contributed by atoms with E-state index in [1.54, 1.807) is 18.2 Å². The molecule has 2 aromatic carbocycles. The molecule has 1 unspecified atom stereocenters. The average molecular weight is 497 g/mol. The molecule has 0 fully saturated rings. The smallest absolute Gasteiger partial charge is 0.364 e. The van der Waals surface area contributed by atoms with Crippen molar-refractivity contribution in [2.45, 2.75) is 0 Å². The summed E-state index contributed by atoms with van der Waals surface area (Å²) in [5.74, 6) is -1.95. The van der Waals surface area contributed by atoms with Crippen LogP contribution in [0.15, 0.2) is 63.8 Å². The molecule has 2 N–H and O–H groups in total. The molecule has 11 heteroatoms. The zero-order chi connectivity index (χ0) is 23.8. The van der Waals surface area contributed by atoms with E-state index in [1.165, 1.54) is 30.4 Å². The molecule has 1 aliphatic carbocycles. The van der Waals surface area contributed by atoms with Crippen molar-refractivity contribution < 1.29 is 32.8 Å². The summed E-state index contributed by atoms with van der Waals surface area (Å²) in [6.07, 6.45) is 3.40. The van der Waals surface area contributed by atoms with Gasteiger partial charge in [-0.15, -0.1) is 0 Å². The number of carboxylic acid groups (broad SMARTS) is 1. The van der Waals surface area contributed by atoms with Crippen LogP contribution in [0.3, 0.4) is 0 Å². The van der Waals surface area contributed by atoms with Crippen molar-refractivity contribution in [3.63, 3.8) is 0 Å². The first-order valence-corrected chi connectivity index (χ1v) is 11.4. The minimum absolute atomic E-state index is 0.0194. The number of ketones is 1. The van der Waals surface area contributed by atoms with Gasteiger partial charge in [0.05, 0.1) is 43.1 Å². The minimum Gasteiger partial charge on any atom is -0.748 e. The van der Waals surface area contributed by atoms with Gasteiger partial charge in [-0.2, -0.15) is 0 Å². The molecule has 0 spiro atoms. The number of benzene rings is 2. The number of halogens is 2. The quantitative estimate of drug-likeness (QED) is 0.477. The van der Waals surface area contributed by atoms with Crippen LogP contribution < -0.4 is 10.6 Å². The zero-order valence-corrected chi connectivity index (χ0v) is 18.5. The number of rotatable bonds is 2. The van der Waals surface area contributed by atoms with E-state index in [2.05, 4.69) is 0 Å². The molecule has 2 aromatic rings. The number of phenols is 1. The summed E-state index contributed by atoms with van der Waals surface area (Å²) in [7, 11) is -3.92. The predicted octanol–water partition coefficient (Wildman–Crippen LogP) is 1.94. The Labute approximate surface area is 191 Å². The van der Waals surface area contributed by atoms with E-state index >= 15 is 0 Å². The third kappa shape index (κ3) is 5.08. The van der Waals surface area contributed by atoms with Gasteiger partial charge in [0.15, 0.2) is 0 Å². The Kier molecular flexibility index (Phi) is 6.56. The van der Waals surface area contributed by atoms with Gasteiger partial charge in [-0.25, -0.2) is 17.6 Å². The van der Waals surface area contributed by atoms with Crippen molar-refractivity contribution in [2.75, 3.05) is 6.26 Å². The Hall–Kier alpha value is -2.98. The van der Waals surface area contributed by atoms with E-state index in [9.17, 15) is 19.8 Å². The number of carbonyl (C=O) groups excluding carboxylic acids is 1. The zero-order valence-electron chi connectivity index (χ0n) is 16.2. The molecule has 1 heterocycles. The summed E-state index contributed by atoms with van der Waals surface area (Å²) in [6, 6.07) is 9.35. The number of phenolic OH excluding ortho intramolecular Hbond substituents is 1. The lowest BCUT2D eigenvalue weighted by Crippen LogP contribution is -2.36. The van der Waals surface area contributed by atoms with Crippen LogP contribution in [0.5, 0.6) is 5.75 Å². The Morgan fingerprint density at radius 1 is 1.19 bits per heavy atom. The summed E-state index contributed by atoms with van der Waals surface area (Å²) in [5.41, 5.74) is 1.38. The molecule has 0 amide bonds. The normalized spacial score (nSPS) is 17.1. The fourth-order valence-corrected chi connectivity index (χ4v) is 3.61. The van der Waals surface area contributed by atoms with E-state index in [0.717, 1.165) is 0 Å². The SMILES string of the molecule is CS(=O)(=O)[O-].O=C1C=C2[O+]=c3cc(O)c(Cl)cc3=C(c3ccccc3C(=O)O)C2C=C1Cl. The van der Waals surface area contributed by atoms with Gasteiger partial charge < -0.3 is 14.8 Å². The van der Waals surface area contributed by atoms with Gasteiger partial charge in [0, 0.05) is 6.26 Å². The van der Waals surface area contributed by atoms with Crippen molar-refractivity contribution in [2.24, 2.45) is 5.92 Å². The minimum atomic E-state index is -3.92. The maximum absolute atomic E-state index is 12.0. The van der Waals surface area contributed by atoms with Gasteiger partial charge in [-0.1, -0.05) is 41.4 Å². The van der Waals surface area contributed by atoms with Crippen molar-refractivity contribution >= 4 is 50.6 Å². The second kappa shape index (κ2) is 8.87. The van der Waals surface area contributed by atoms with E-state index in [4.69, 9.17) is 40.6 Å². The summed E-state index contributed by atoms with van der Waals surface area (Å²) in [4.78, 5) is 23.7. The molecular weight excluding hydrogens is 483 g/mol. The maximum Gasteiger partial charge on any atom is 0.364 e. The van der Waals surface area contributed by atoms with E-state index in [1.807, 2.05) is 0 Å². The van der Waals surface area contributed by atoms with Gasteiger partial charge in [0.1, 0.15) is 11.7 Å². The fourth-order valence-electron chi connectivity index (χ4n) is 3.27. The van der Waals surface area contributed by atoms with E-state index in [0.29, 0.717) is 28.4 Å². The highest BCUT2D eigenvalue weighted by molar-refractivity contribution is 7.84. The Bertz CT molecular complexity index is 1430. The molecule has 0 saturated carbocycles. The summed E-state index contributed by atoms with van der Waals surface area (Å²) >= 11 is 12.1. The van der Waals surface area contributed by atoms with Crippen LogP contribution in [-0.4, -0.2) is 41.2 Å². The van der Waals surface area contributed by atoms with Gasteiger partial charge in [-0.3, -0.25) is 4.79 Å². The number of carbonyl (C=O) groups is 2. The Balaban J connectivity index is 0.000000523. The molecule has 1 aliphatic heterocycles. The molecule has 0 radical (unpaired) electrons. The molecule has 2 aliphatic rings. The summed E-state index contributed by atoms with van der Waals surface area (Å²) < 4.78 is 33.0. The van der Waals surface area contributed by atoms with Crippen LogP contribution in [0.25, 0.3) is 5.57 Å². The number of fused-ring (bicyclic) bond motifs is 2. The largest absolute Gasteiger partial charge is 0.748 e. The number of aromatic hydroxyl groups is 1. The second-order valence-corrected chi connectivity index (χ2v) is 9.00. The monoisotopic (exact) mass is 496 g/mol. The third-order valence-corrected chi connectivity index (χ3v) is 5.07. The fraction of sp³-hybridized carbons (Fsp3) is 0.0952. The third-order valence-electron chi connectivity index (χ3n) is 4.45. The first-order chi connectivity index (χ1) is 14.9. The lowest BCUT2D eigenvalue weighted by atomic mass is 9.83. The molecule has 0 bridgehead atoms. The number of aromatic carboxylic acids is 1. The molecule has 32 heavy (non-hydrogen) atoms. The molecule has 4 rings (SSSR count). The molecular formula is C21H14Cl2O8S. The molecule has 0 saturated heterocycles. The van der Waals surface area contributed by atoms with Crippen LogP contribution in [0.4, 0.5) is 0 Å². The lowest BCUT2D eigenvalue weighted by molar-refractivity contribution is -0.110.